The van der Waals surface area contributed by atoms with Gasteiger partial charge in [-0.15, -0.1) is 0 Å². The lowest BCUT2D eigenvalue weighted by atomic mass is 10.4. The summed E-state index contributed by atoms with van der Waals surface area (Å²) in [5.41, 5.74) is 0. The third-order valence-corrected chi connectivity index (χ3v) is 2.39. The van der Waals surface area contributed by atoms with Gasteiger partial charge in [0.1, 0.15) is 10.9 Å². The van der Waals surface area contributed by atoms with Crippen molar-refractivity contribution in [1.29, 1.82) is 0 Å². The molecule has 0 bridgehead atoms. The molecular formula is C7H7BrClNO. The average molecular weight is 236 g/mol. The summed E-state index contributed by atoms with van der Waals surface area (Å²) in [6.45, 7) is 2.54. The number of ether oxygens (including phenoxy) is 1. The summed E-state index contributed by atoms with van der Waals surface area (Å²) >= 11 is 8.97. The van der Waals surface area contributed by atoms with Crippen LogP contribution in [0.3, 0.4) is 0 Å². The molecule has 0 fully saturated rings. The number of hydrogen-bond acceptors (Lipinski definition) is 2. The standard InChI is InChI=1S/C7H7BrClNO/c1-2-11-5-3-4-10-7(9)6(5)8/h3-4H,2H2,1H3. The number of pyridine rings is 1. The molecule has 11 heavy (non-hydrogen) atoms. The number of hydrogen-bond donors (Lipinski definition) is 0. The van der Waals surface area contributed by atoms with Crippen molar-refractivity contribution >= 4 is 27.5 Å². The molecule has 0 N–H and O–H groups in total. The maximum absolute atomic E-state index is 5.71. The maximum atomic E-state index is 5.71. The van der Waals surface area contributed by atoms with Crippen LogP contribution >= 0.6 is 27.5 Å². The van der Waals surface area contributed by atoms with Crippen LogP contribution in [0.1, 0.15) is 6.92 Å². The van der Waals surface area contributed by atoms with Gasteiger partial charge in [0.25, 0.3) is 0 Å². The SMILES string of the molecule is CCOc1ccnc(Cl)c1Br. The van der Waals surface area contributed by atoms with E-state index in [0.717, 1.165) is 5.75 Å². The van der Waals surface area contributed by atoms with Crippen LogP contribution in [0.15, 0.2) is 16.7 Å². The Balaban J connectivity index is 2.96. The average Bonchev–Trinajstić information content (AvgIpc) is 1.99. The normalized spacial score (nSPS) is 9.73. The predicted molar refractivity (Wildman–Crippen MR) is 48.1 cm³/mol. The van der Waals surface area contributed by atoms with Crippen LogP contribution in [0.4, 0.5) is 0 Å². The van der Waals surface area contributed by atoms with Gasteiger partial charge < -0.3 is 4.74 Å². The van der Waals surface area contributed by atoms with E-state index in [1.165, 1.54) is 0 Å². The van der Waals surface area contributed by atoms with E-state index in [-0.39, 0.29) is 0 Å². The largest absolute Gasteiger partial charge is 0.493 e. The summed E-state index contributed by atoms with van der Waals surface area (Å²) in [5, 5.41) is 0.427. The van der Waals surface area contributed by atoms with Crippen molar-refractivity contribution in [2.24, 2.45) is 0 Å². The molecule has 0 radical (unpaired) electrons. The molecule has 1 aromatic heterocycles. The number of nitrogens with zero attached hydrogens (tertiary/aromatic N) is 1. The quantitative estimate of drug-likeness (QED) is 0.737. The smallest absolute Gasteiger partial charge is 0.146 e. The van der Waals surface area contributed by atoms with Gasteiger partial charge in [-0.2, -0.15) is 0 Å². The van der Waals surface area contributed by atoms with E-state index in [0.29, 0.717) is 16.2 Å². The molecule has 1 aromatic rings. The van der Waals surface area contributed by atoms with Crippen LogP contribution in [0.2, 0.25) is 5.15 Å². The second-order valence-corrected chi connectivity index (χ2v) is 3.00. The number of aromatic nitrogens is 1. The predicted octanol–water partition coefficient (Wildman–Crippen LogP) is 2.90. The molecule has 0 spiro atoms. The molecule has 1 rings (SSSR count). The van der Waals surface area contributed by atoms with Crippen LogP contribution in [0.5, 0.6) is 5.75 Å². The molecular weight excluding hydrogens is 229 g/mol. The number of halogens is 2. The zero-order valence-corrected chi connectivity index (χ0v) is 8.32. The van der Waals surface area contributed by atoms with Crippen LogP contribution in [0, 0.1) is 0 Å². The molecule has 0 aliphatic carbocycles. The summed E-state index contributed by atoms with van der Waals surface area (Å²) in [7, 11) is 0. The molecule has 0 atom stereocenters. The van der Waals surface area contributed by atoms with Gasteiger partial charge in [-0.1, -0.05) is 11.6 Å². The second kappa shape index (κ2) is 3.93. The summed E-state index contributed by atoms with van der Waals surface area (Å²) in [5.74, 6) is 0.729. The minimum Gasteiger partial charge on any atom is -0.493 e. The third-order valence-electron chi connectivity index (χ3n) is 1.11. The molecule has 2 nitrogen and oxygen atoms in total. The van der Waals surface area contributed by atoms with Crippen molar-refractivity contribution in [3.63, 3.8) is 0 Å². The van der Waals surface area contributed by atoms with E-state index in [1.807, 2.05) is 6.92 Å². The Hall–Kier alpha value is -0.280. The maximum Gasteiger partial charge on any atom is 0.146 e. The lowest BCUT2D eigenvalue weighted by molar-refractivity contribution is 0.337. The highest BCUT2D eigenvalue weighted by molar-refractivity contribution is 9.10. The van der Waals surface area contributed by atoms with Crippen LogP contribution < -0.4 is 4.74 Å². The molecule has 0 aromatic carbocycles. The Labute approximate surface area is 78.7 Å². The molecule has 60 valence electrons. The Morgan fingerprint density at radius 2 is 2.45 bits per heavy atom. The highest BCUT2D eigenvalue weighted by Gasteiger charge is 2.03. The van der Waals surface area contributed by atoms with Crippen LogP contribution in [0.25, 0.3) is 0 Å². The van der Waals surface area contributed by atoms with Gasteiger partial charge in [0, 0.05) is 6.20 Å². The molecule has 0 saturated carbocycles. The summed E-state index contributed by atoms with van der Waals surface area (Å²) in [6, 6.07) is 1.76. The van der Waals surface area contributed by atoms with Gasteiger partial charge in [-0.05, 0) is 28.9 Å². The van der Waals surface area contributed by atoms with Crippen molar-refractivity contribution in [2.45, 2.75) is 6.92 Å². The Morgan fingerprint density at radius 1 is 1.73 bits per heavy atom. The van der Waals surface area contributed by atoms with E-state index in [9.17, 15) is 0 Å². The monoisotopic (exact) mass is 235 g/mol. The molecule has 0 amide bonds. The van der Waals surface area contributed by atoms with Gasteiger partial charge in [0.15, 0.2) is 0 Å². The molecule has 4 heteroatoms. The first kappa shape index (κ1) is 8.81. The molecule has 0 unspecified atom stereocenters. The van der Waals surface area contributed by atoms with E-state index >= 15 is 0 Å². The van der Waals surface area contributed by atoms with Gasteiger partial charge in [0.2, 0.25) is 0 Å². The minimum atomic E-state index is 0.427. The molecule has 1 heterocycles. The summed E-state index contributed by atoms with van der Waals surface area (Å²) in [6.07, 6.45) is 1.61. The molecule has 0 aliphatic heterocycles. The summed E-state index contributed by atoms with van der Waals surface area (Å²) in [4.78, 5) is 3.86. The zero-order chi connectivity index (χ0) is 8.27. The Bertz CT molecular complexity index is 254. The van der Waals surface area contributed by atoms with Gasteiger partial charge in [-0.3, -0.25) is 0 Å². The van der Waals surface area contributed by atoms with E-state index in [2.05, 4.69) is 20.9 Å². The van der Waals surface area contributed by atoms with Gasteiger partial charge in [-0.25, -0.2) is 4.98 Å². The van der Waals surface area contributed by atoms with Crippen LogP contribution in [-0.4, -0.2) is 11.6 Å². The van der Waals surface area contributed by atoms with Crippen molar-refractivity contribution < 1.29 is 4.74 Å². The summed E-state index contributed by atoms with van der Waals surface area (Å²) < 4.78 is 5.96. The topological polar surface area (TPSA) is 22.1 Å². The van der Waals surface area contributed by atoms with Crippen molar-refractivity contribution in [3.8, 4) is 5.75 Å². The van der Waals surface area contributed by atoms with Crippen LogP contribution in [-0.2, 0) is 0 Å². The Morgan fingerprint density at radius 3 is 3.09 bits per heavy atom. The number of rotatable bonds is 2. The first-order valence-electron chi connectivity index (χ1n) is 3.18. The first-order chi connectivity index (χ1) is 5.25. The highest BCUT2D eigenvalue weighted by Crippen LogP contribution is 2.29. The minimum absolute atomic E-state index is 0.427. The third kappa shape index (κ3) is 2.07. The van der Waals surface area contributed by atoms with Gasteiger partial charge in [0.05, 0.1) is 11.1 Å². The fourth-order valence-electron chi connectivity index (χ4n) is 0.669. The van der Waals surface area contributed by atoms with E-state index < -0.39 is 0 Å². The molecule has 0 saturated heterocycles. The van der Waals surface area contributed by atoms with E-state index in [4.69, 9.17) is 16.3 Å². The van der Waals surface area contributed by atoms with Crippen molar-refractivity contribution in [1.82, 2.24) is 4.98 Å². The zero-order valence-electron chi connectivity index (χ0n) is 5.97. The van der Waals surface area contributed by atoms with Gasteiger partial charge >= 0.3 is 0 Å². The lowest BCUT2D eigenvalue weighted by Crippen LogP contribution is -1.92. The molecule has 0 aliphatic rings. The highest BCUT2D eigenvalue weighted by atomic mass is 79.9. The lowest BCUT2D eigenvalue weighted by Gasteiger charge is -2.04. The first-order valence-corrected chi connectivity index (χ1v) is 4.35. The Kier molecular flexibility index (Phi) is 3.15. The van der Waals surface area contributed by atoms with Crippen molar-refractivity contribution in [2.75, 3.05) is 6.61 Å². The fraction of sp³-hybridized carbons (Fsp3) is 0.286. The van der Waals surface area contributed by atoms with E-state index in [1.54, 1.807) is 12.3 Å². The van der Waals surface area contributed by atoms with Crippen molar-refractivity contribution in [3.05, 3.63) is 21.9 Å². The fourth-order valence-corrected chi connectivity index (χ4v) is 1.17. The second-order valence-electron chi connectivity index (χ2n) is 1.85.